The Morgan fingerprint density at radius 3 is 2.68 bits per heavy atom. The molecule has 0 aliphatic rings. The Morgan fingerprint density at radius 1 is 1.23 bits per heavy atom. The average Bonchev–Trinajstić information content (AvgIpc) is 3.06. The van der Waals surface area contributed by atoms with Crippen LogP contribution in [0.4, 0.5) is 4.79 Å². The van der Waals surface area contributed by atoms with Crippen molar-refractivity contribution < 1.29 is 19.0 Å². The molecule has 0 unspecified atom stereocenters. The number of halogens is 1. The smallest absolute Gasteiger partial charge is 0.408 e. The summed E-state index contributed by atoms with van der Waals surface area (Å²) in [5.41, 5.74) is 1.10. The van der Waals surface area contributed by atoms with Gasteiger partial charge >= 0.3 is 6.09 Å². The molecule has 1 atom stereocenters. The van der Waals surface area contributed by atoms with E-state index in [1.807, 2.05) is 58.2 Å². The van der Waals surface area contributed by atoms with Gasteiger partial charge in [0.05, 0.1) is 25.5 Å². The third-order valence-electron chi connectivity index (χ3n) is 4.30. The topological polar surface area (TPSA) is 87.5 Å². The fourth-order valence-corrected chi connectivity index (χ4v) is 3.18. The van der Waals surface area contributed by atoms with E-state index in [1.165, 1.54) is 0 Å². The highest BCUT2D eigenvalue weighted by Gasteiger charge is 2.21. The van der Waals surface area contributed by atoms with Crippen molar-refractivity contribution in [3.8, 4) is 5.88 Å². The van der Waals surface area contributed by atoms with Crippen molar-refractivity contribution in [2.24, 2.45) is 7.05 Å². The number of amides is 1. The number of nitrogens with one attached hydrogen (secondary N) is 1. The summed E-state index contributed by atoms with van der Waals surface area (Å²) in [6, 6.07) is 11.0. The van der Waals surface area contributed by atoms with Gasteiger partial charge in [-0.3, -0.25) is 4.68 Å². The van der Waals surface area contributed by atoms with E-state index in [9.17, 15) is 4.79 Å². The first kappa shape index (κ1) is 22.8. The molecular formula is C22H27ClN4O4. The minimum atomic E-state index is -0.582. The zero-order valence-electron chi connectivity index (χ0n) is 18.1. The molecule has 0 aliphatic carbocycles. The lowest BCUT2D eigenvalue weighted by molar-refractivity contribution is 0.0416. The molecule has 3 aromatic rings. The number of rotatable bonds is 8. The summed E-state index contributed by atoms with van der Waals surface area (Å²) < 4.78 is 18.6. The first-order valence-corrected chi connectivity index (χ1v) is 10.3. The van der Waals surface area contributed by atoms with Crippen LogP contribution in [-0.2, 0) is 16.5 Å². The van der Waals surface area contributed by atoms with Crippen LogP contribution in [0.5, 0.6) is 5.88 Å². The van der Waals surface area contributed by atoms with E-state index in [4.69, 9.17) is 25.8 Å². The minimum Gasteiger partial charge on any atom is -0.474 e. The summed E-state index contributed by atoms with van der Waals surface area (Å²) in [6.07, 6.45) is 1.21. The van der Waals surface area contributed by atoms with Crippen LogP contribution in [0.1, 0.15) is 32.4 Å². The highest BCUT2D eigenvalue weighted by Crippen LogP contribution is 2.26. The molecule has 0 spiro atoms. The van der Waals surface area contributed by atoms with E-state index in [1.54, 1.807) is 16.9 Å². The number of alkyl carbamates (subject to hydrolysis) is 1. The third kappa shape index (κ3) is 6.57. The van der Waals surface area contributed by atoms with Crippen molar-refractivity contribution in [2.45, 2.75) is 32.4 Å². The zero-order valence-corrected chi connectivity index (χ0v) is 18.8. The van der Waals surface area contributed by atoms with Crippen LogP contribution in [0.25, 0.3) is 10.9 Å². The zero-order chi connectivity index (χ0) is 22.4. The third-order valence-corrected chi connectivity index (χ3v) is 4.49. The van der Waals surface area contributed by atoms with Crippen LogP contribution < -0.4 is 10.1 Å². The molecule has 0 fully saturated rings. The Labute approximate surface area is 186 Å². The predicted octanol–water partition coefficient (Wildman–Crippen LogP) is 4.28. The number of fused-ring (bicyclic) bond motifs is 1. The van der Waals surface area contributed by atoms with Crippen LogP contribution in [0.15, 0.2) is 42.6 Å². The molecule has 3 rings (SSSR count). The maximum atomic E-state index is 12.2. The molecule has 1 N–H and O–H groups in total. The monoisotopic (exact) mass is 446 g/mol. The number of pyridine rings is 1. The van der Waals surface area contributed by atoms with E-state index in [0.29, 0.717) is 17.6 Å². The number of aryl methyl sites for hydroxylation is 1. The fraction of sp³-hybridized carbons (Fsp3) is 0.409. The molecule has 2 aromatic heterocycles. The van der Waals surface area contributed by atoms with Gasteiger partial charge in [0.15, 0.2) is 0 Å². The number of carbonyl (C=O) groups excluding carboxylic acids is 1. The fourth-order valence-electron chi connectivity index (χ4n) is 2.99. The van der Waals surface area contributed by atoms with Gasteiger partial charge in [0.1, 0.15) is 22.9 Å². The van der Waals surface area contributed by atoms with Crippen LogP contribution in [-0.4, -0.2) is 46.3 Å². The lowest BCUT2D eigenvalue weighted by Gasteiger charge is -2.24. The number of carbonyl (C=O) groups is 1. The van der Waals surface area contributed by atoms with Gasteiger partial charge < -0.3 is 19.5 Å². The number of ether oxygens (including phenoxy) is 3. The first-order valence-electron chi connectivity index (χ1n) is 9.96. The van der Waals surface area contributed by atoms with Gasteiger partial charge in [0.2, 0.25) is 5.88 Å². The summed E-state index contributed by atoms with van der Waals surface area (Å²) in [7, 11) is 1.81. The van der Waals surface area contributed by atoms with Crippen molar-refractivity contribution in [3.05, 3.63) is 53.3 Å². The van der Waals surface area contributed by atoms with Crippen molar-refractivity contribution >= 4 is 28.6 Å². The highest BCUT2D eigenvalue weighted by atomic mass is 35.5. The predicted molar refractivity (Wildman–Crippen MR) is 118 cm³/mol. The largest absolute Gasteiger partial charge is 0.474 e. The molecule has 1 aromatic carbocycles. The summed E-state index contributed by atoms with van der Waals surface area (Å²) in [5, 5.41) is 8.26. The second-order valence-electron chi connectivity index (χ2n) is 7.99. The van der Waals surface area contributed by atoms with Crippen molar-refractivity contribution in [1.82, 2.24) is 20.1 Å². The average molecular weight is 447 g/mol. The molecule has 31 heavy (non-hydrogen) atoms. The summed E-state index contributed by atoms with van der Waals surface area (Å²) in [6.45, 7) is 6.29. The number of hydrogen-bond donors (Lipinski definition) is 1. The van der Waals surface area contributed by atoms with Crippen LogP contribution in [0.2, 0.25) is 5.15 Å². The molecule has 2 heterocycles. The maximum Gasteiger partial charge on any atom is 0.408 e. The molecule has 0 bridgehead atoms. The SMILES string of the molecule is Cn1ncc2cc(Cl)nc(OCCOC[C@H](NC(=O)OC(C)(C)C)c3ccccc3)c21. The van der Waals surface area contributed by atoms with Gasteiger partial charge in [-0.15, -0.1) is 0 Å². The Balaban J connectivity index is 1.56. The van der Waals surface area contributed by atoms with Crippen LogP contribution in [0.3, 0.4) is 0 Å². The lowest BCUT2D eigenvalue weighted by Crippen LogP contribution is -2.36. The lowest BCUT2D eigenvalue weighted by atomic mass is 10.1. The molecular weight excluding hydrogens is 420 g/mol. The number of hydrogen-bond acceptors (Lipinski definition) is 6. The number of aromatic nitrogens is 3. The quantitative estimate of drug-likeness (QED) is 0.410. The van der Waals surface area contributed by atoms with Crippen LogP contribution >= 0.6 is 11.6 Å². The maximum absolute atomic E-state index is 12.2. The van der Waals surface area contributed by atoms with E-state index in [0.717, 1.165) is 16.5 Å². The second kappa shape index (κ2) is 9.98. The normalized spacial score (nSPS) is 12.5. The molecule has 1 amide bonds. The van der Waals surface area contributed by atoms with Gasteiger partial charge in [-0.2, -0.15) is 10.1 Å². The molecule has 0 radical (unpaired) electrons. The Hall–Kier alpha value is -2.84. The summed E-state index contributed by atoms with van der Waals surface area (Å²) >= 11 is 6.07. The van der Waals surface area contributed by atoms with Crippen LogP contribution in [0, 0.1) is 0 Å². The van der Waals surface area contributed by atoms with E-state index >= 15 is 0 Å². The first-order chi connectivity index (χ1) is 14.7. The van der Waals surface area contributed by atoms with Crippen molar-refractivity contribution in [3.63, 3.8) is 0 Å². The van der Waals surface area contributed by atoms with Gasteiger partial charge in [0.25, 0.3) is 0 Å². The Morgan fingerprint density at radius 2 is 1.97 bits per heavy atom. The molecule has 0 saturated carbocycles. The Bertz CT molecular complexity index is 1020. The highest BCUT2D eigenvalue weighted by molar-refractivity contribution is 6.30. The molecule has 0 saturated heterocycles. The van der Waals surface area contributed by atoms with Gasteiger partial charge in [-0.1, -0.05) is 41.9 Å². The summed E-state index contributed by atoms with van der Waals surface area (Å²) in [5.74, 6) is 0.401. The summed E-state index contributed by atoms with van der Waals surface area (Å²) in [4.78, 5) is 16.5. The minimum absolute atomic E-state index is 0.261. The number of benzene rings is 1. The van der Waals surface area contributed by atoms with Gasteiger partial charge in [-0.25, -0.2) is 4.79 Å². The standard InChI is InChI=1S/C22H27ClN4O4/c1-22(2,3)31-21(28)25-17(15-8-6-5-7-9-15)14-29-10-11-30-20-19-16(12-18(23)26-20)13-24-27(19)4/h5-9,12-13,17H,10-11,14H2,1-4H3,(H,25,28)/t17-/m0/s1. The van der Waals surface area contributed by atoms with E-state index in [2.05, 4.69) is 15.4 Å². The van der Waals surface area contributed by atoms with Crippen molar-refractivity contribution in [1.29, 1.82) is 0 Å². The van der Waals surface area contributed by atoms with E-state index in [-0.39, 0.29) is 19.3 Å². The second-order valence-corrected chi connectivity index (χ2v) is 8.38. The van der Waals surface area contributed by atoms with Gasteiger partial charge in [-0.05, 0) is 32.4 Å². The van der Waals surface area contributed by atoms with Gasteiger partial charge in [0, 0.05) is 12.4 Å². The molecule has 0 aliphatic heterocycles. The number of nitrogens with zero attached hydrogens (tertiary/aromatic N) is 3. The molecule has 8 nitrogen and oxygen atoms in total. The van der Waals surface area contributed by atoms with Crippen molar-refractivity contribution in [2.75, 3.05) is 19.8 Å². The van der Waals surface area contributed by atoms with E-state index < -0.39 is 11.7 Å². The Kier molecular flexibility index (Phi) is 7.35. The molecule has 166 valence electrons. The molecule has 9 heteroatoms.